The number of ketones is 1. The smallest absolute Gasteiger partial charge is 0.163 e. The van der Waals surface area contributed by atoms with Crippen LogP contribution in [0.1, 0.15) is 35.2 Å². The van der Waals surface area contributed by atoms with E-state index in [1.165, 1.54) is 5.56 Å². The fraction of sp³-hybridized carbons (Fsp3) is 0.300. The highest BCUT2D eigenvalue weighted by molar-refractivity contribution is 6.01. The van der Waals surface area contributed by atoms with Crippen molar-refractivity contribution >= 4 is 5.78 Å². The summed E-state index contributed by atoms with van der Waals surface area (Å²) in [5.41, 5.74) is 2.15. The number of hydrogen-bond donors (Lipinski definition) is 0. The molecule has 0 amide bonds. The van der Waals surface area contributed by atoms with Crippen LogP contribution in [0.25, 0.3) is 0 Å². The van der Waals surface area contributed by atoms with Gasteiger partial charge in [0, 0.05) is 12.0 Å². The van der Waals surface area contributed by atoms with Crippen LogP contribution in [0.15, 0.2) is 24.3 Å². The maximum atomic E-state index is 11.3. The molecule has 11 heavy (non-hydrogen) atoms. The van der Waals surface area contributed by atoms with E-state index >= 15 is 0 Å². The van der Waals surface area contributed by atoms with E-state index in [1.54, 1.807) is 0 Å². The van der Waals surface area contributed by atoms with Crippen LogP contribution in [0.3, 0.4) is 0 Å². The van der Waals surface area contributed by atoms with Gasteiger partial charge in [-0.25, -0.2) is 0 Å². The van der Waals surface area contributed by atoms with Gasteiger partial charge in [-0.1, -0.05) is 31.2 Å². The Morgan fingerprint density at radius 3 is 2.82 bits per heavy atom. The second-order valence-electron chi connectivity index (χ2n) is 3.12. The highest BCUT2D eigenvalue weighted by Gasteiger charge is 2.24. The van der Waals surface area contributed by atoms with Crippen molar-refractivity contribution < 1.29 is 4.79 Å². The molecule has 0 heterocycles. The van der Waals surface area contributed by atoms with Gasteiger partial charge in [-0.05, 0) is 11.5 Å². The third-order valence-corrected chi connectivity index (χ3v) is 2.28. The van der Waals surface area contributed by atoms with E-state index in [4.69, 9.17) is 0 Å². The first kappa shape index (κ1) is 6.59. The highest BCUT2D eigenvalue weighted by Crippen LogP contribution is 2.31. The first-order chi connectivity index (χ1) is 5.29. The number of Topliss-reactive ketones (excluding diaryl/α,β-unsaturated/α-hetero) is 1. The van der Waals surface area contributed by atoms with E-state index in [0.717, 1.165) is 5.56 Å². The first-order valence-electron chi connectivity index (χ1n) is 3.91. The first-order valence-corrected chi connectivity index (χ1v) is 3.91. The Morgan fingerprint density at radius 2 is 2.09 bits per heavy atom. The molecule has 1 aliphatic carbocycles. The lowest BCUT2D eigenvalue weighted by atomic mass is 10.0. The average Bonchev–Trinajstić information content (AvgIpc) is 2.30. The summed E-state index contributed by atoms with van der Waals surface area (Å²) in [5, 5.41) is 0. The van der Waals surface area contributed by atoms with Crippen molar-refractivity contribution in [1.29, 1.82) is 0 Å². The third kappa shape index (κ3) is 0.881. The molecule has 0 unspecified atom stereocenters. The van der Waals surface area contributed by atoms with Crippen LogP contribution in [-0.2, 0) is 0 Å². The molecule has 0 radical (unpaired) electrons. The molecule has 1 nitrogen and oxygen atoms in total. The van der Waals surface area contributed by atoms with Crippen molar-refractivity contribution in [2.75, 3.05) is 0 Å². The minimum atomic E-state index is 0.299. The highest BCUT2D eigenvalue weighted by atomic mass is 16.1. The van der Waals surface area contributed by atoms with Gasteiger partial charge in [0.05, 0.1) is 0 Å². The molecule has 0 aromatic heterocycles. The fourth-order valence-electron chi connectivity index (χ4n) is 1.68. The summed E-state index contributed by atoms with van der Waals surface area (Å²) in [4.78, 5) is 11.3. The van der Waals surface area contributed by atoms with Gasteiger partial charge in [0.1, 0.15) is 0 Å². The Kier molecular flexibility index (Phi) is 1.31. The molecule has 1 aromatic rings. The molecule has 0 aliphatic heterocycles. The molecule has 0 N–H and O–H groups in total. The van der Waals surface area contributed by atoms with E-state index in [1.807, 2.05) is 24.3 Å². The van der Waals surface area contributed by atoms with Crippen molar-refractivity contribution in [2.24, 2.45) is 0 Å². The average molecular weight is 146 g/mol. The second kappa shape index (κ2) is 2.19. The zero-order valence-corrected chi connectivity index (χ0v) is 6.50. The molecule has 0 saturated heterocycles. The summed E-state index contributed by atoms with van der Waals surface area (Å²) >= 11 is 0. The lowest BCUT2D eigenvalue weighted by molar-refractivity contribution is 0.0990. The van der Waals surface area contributed by atoms with Gasteiger partial charge in [-0.15, -0.1) is 0 Å². The molecule has 1 atom stereocenters. The number of benzene rings is 1. The maximum Gasteiger partial charge on any atom is 0.163 e. The molecule has 1 heteroatoms. The predicted molar refractivity (Wildman–Crippen MR) is 43.8 cm³/mol. The lowest BCUT2D eigenvalue weighted by Gasteiger charge is -1.99. The molecule has 0 fully saturated rings. The predicted octanol–water partition coefficient (Wildman–Crippen LogP) is 2.38. The van der Waals surface area contributed by atoms with E-state index in [9.17, 15) is 4.79 Å². The van der Waals surface area contributed by atoms with Gasteiger partial charge in [-0.3, -0.25) is 4.79 Å². The Balaban J connectivity index is 2.60. The van der Waals surface area contributed by atoms with Crippen molar-refractivity contribution in [1.82, 2.24) is 0 Å². The Labute approximate surface area is 66.0 Å². The summed E-state index contributed by atoms with van der Waals surface area (Å²) in [6, 6.07) is 7.88. The molecule has 0 saturated carbocycles. The van der Waals surface area contributed by atoms with Crippen molar-refractivity contribution in [2.45, 2.75) is 19.3 Å². The number of rotatable bonds is 0. The molecule has 56 valence electrons. The molecular weight excluding hydrogens is 136 g/mol. The molecule has 1 aromatic carbocycles. The van der Waals surface area contributed by atoms with E-state index in [-0.39, 0.29) is 0 Å². The van der Waals surface area contributed by atoms with Gasteiger partial charge in [0.2, 0.25) is 0 Å². The summed E-state index contributed by atoms with van der Waals surface area (Å²) in [6.07, 6.45) is 0.694. The Hall–Kier alpha value is -1.11. The van der Waals surface area contributed by atoms with Crippen LogP contribution in [-0.4, -0.2) is 5.78 Å². The number of fused-ring (bicyclic) bond motifs is 1. The number of carbonyl (C=O) groups excluding carboxylic acids is 1. The standard InChI is InChI=1S/C10H10O/c1-7-6-10(11)9-5-3-2-4-8(7)9/h2-5,7H,6H2,1H3/t7-/m1/s1. The maximum absolute atomic E-state index is 11.3. The van der Waals surface area contributed by atoms with Crippen LogP contribution in [0.2, 0.25) is 0 Å². The van der Waals surface area contributed by atoms with Crippen LogP contribution >= 0.6 is 0 Å². The monoisotopic (exact) mass is 146 g/mol. The van der Waals surface area contributed by atoms with Crippen LogP contribution in [0, 0.1) is 0 Å². The van der Waals surface area contributed by atoms with Crippen molar-refractivity contribution in [3.63, 3.8) is 0 Å². The van der Waals surface area contributed by atoms with Crippen LogP contribution in [0.5, 0.6) is 0 Å². The minimum Gasteiger partial charge on any atom is -0.294 e. The van der Waals surface area contributed by atoms with E-state index in [0.29, 0.717) is 18.1 Å². The Morgan fingerprint density at radius 1 is 1.36 bits per heavy atom. The normalized spacial score (nSPS) is 21.9. The fourth-order valence-corrected chi connectivity index (χ4v) is 1.68. The van der Waals surface area contributed by atoms with E-state index in [2.05, 4.69) is 6.92 Å². The van der Waals surface area contributed by atoms with Gasteiger partial charge in [-0.2, -0.15) is 0 Å². The second-order valence-corrected chi connectivity index (χ2v) is 3.12. The molecule has 0 spiro atoms. The Bertz CT molecular complexity index is 301. The molecule has 2 rings (SSSR count). The van der Waals surface area contributed by atoms with Gasteiger partial charge >= 0.3 is 0 Å². The van der Waals surface area contributed by atoms with Gasteiger partial charge < -0.3 is 0 Å². The summed E-state index contributed by atoms with van der Waals surface area (Å²) < 4.78 is 0. The van der Waals surface area contributed by atoms with Gasteiger partial charge in [0.15, 0.2) is 5.78 Å². The summed E-state index contributed by atoms with van der Waals surface area (Å²) in [7, 11) is 0. The topological polar surface area (TPSA) is 17.1 Å². The van der Waals surface area contributed by atoms with Gasteiger partial charge in [0.25, 0.3) is 0 Å². The van der Waals surface area contributed by atoms with Crippen molar-refractivity contribution in [3.05, 3.63) is 35.4 Å². The van der Waals surface area contributed by atoms with Crippen molar-refractivity contribution in [3.8, 4) is 0 Å². The minimum absolute atomic E-state index is 0.299. The van der Waals surface area contributed by atoms with Crippen LogP contribution < -0.4 is 0 Å². The van der Waals surface area contributed by atoms with E-state index < -0.39 is 0 Å². The SMILES string of the molecule is C[C@@H]1CC(=O)c2ccccc21. The quantitative estimate of drug-likeness (QED) is 0.549. The molecule has 0 bridgehead atoms. The van der Waals surface area contributed by atoms with Crippen LogP contribution in [0.4, 0.5) is 0 Å². The third-order valence-electron chi connectivity index (χ3n) is 2.28. The number of hydrogen-bond acceptors (Lipinski definition) is 1. The summed E-state index contributed by atoms with van der Waals surface area (Å²) in [5.74, 6) is 0.729. The molecular formula is C10H10O. The number of carbonyl (C=O) groups is 1. The zero-order chi connectivity index (χ0) is 7.84. The molecule has 1 aliphatic rings. The summed E-state index contributed by atoms with van der Waals surface area (Å²) in [6.45, 7) is 2.10. The lowest BCUT2D eigenvalue weighted by Crippen LogP contribution is -1.89. The largest absolute Gasteiger partial charge is 0.294 e. The zero-order valence-electron chi connectivity index (χ0n) is 6.50.